The number of aromatic nitrogens is 3. The van der Waals surface area contributed by atoms with Gasteiger partial charge < -0.3 is 14.7 Å². The first-order valence-corrected chi connectivity index (χ1v) is 9.58. The number of nitrogens with zero attached hydrogens (tertiary/aromatic N) is 4. The van der Waals surface area contributed by atoms with Crippen molar-refractivity contribution in [2.45, 2.75) is 6.54 Å². The molecule has 4 aromatic rings. The van der Waals surface area contributed by atoms with Crippen LogP contribution in [0.1, 0.15) is 15.9 Å². The van der Waals surface area contributed by atoms with Crippen LogP contribution in [0.15, 0.2) is 77.6 Å². The van der Waals surface area contributed by atoms with E-state index in [0.29, 0.717) is 29.0 Å². The highest BCUT2D eigenvalue weighted by molar-refractivity contribution is 6.30. The first-order valence-electron chi connectivity index (χ1n) is 9.21. The molecule has 0 atom stereocenters. The SMILES string of the molecule is CN(C(=O)c1ccncc1)c1ccc(CNc2nc(-c3cccc(Cl)c3)no2)cc1. The number of pyridine rings is 1. The van der Waals surface area contributed by atoms with Crippen LogP contribution >= 0.6 is 11.6 Å². The van der Waals surface area contributed by atoms with Crippen LogP contribution in [0, 0.1) is 0 Å². The van der Waals surface area contributed by atoms with Gasteiger partial charge in [0.15, 0.2) is 0 Å². The molecule has 0 saturated heterocycles. The summed E-state index contributed by atoms with van der Waals surface area (Å²) in [6.07, 6.45) is 3.20. The zero-order valence-electron chi connectivity index (χ0n) is 16.1. The fraction of sp³-hybridized carbons (Fsp3) is 0.0909. The zero-order chi connectivity index (χ0) is 20.9. The average Bonchev–Trinajstić information content (AvgIpc) is 3.27. The molecular weight excluding hydrogens is 402 g/mol. The van der Waals surface area contributed by atoms with Crippen molar-refractivity contribution in [1.82, 2.24) is 15.1 Å². The molecule has 0 fully saturated rings. The monoisotopic (exact) mass is 419 g/mol. The highest BCUT2D eigenvalue weighted by atomic mass is 35.5. The van der Waals surface area contributed by atoms with Crippen molar-refractivity contribution in [3.05, 3.63) is 89.2 Å². The summed E-state index contributed by atoms with van der Waals surface area (Å²) in [5.74, 6) is 0.370. The van der Waals surface area contributed by atoms with E-state index in [1.165, 1.54) is 0 Å². The lowest BCUT2D eigenvalue weighted by Gasteiger charge is -2.17. The summed E-state index contributed by atoms with van der Waals surface area (Å²) in [5.41, 5.74) is 3.17. The molecule has 2 heterocycles. The van der Waals surface area contributed by atoms with Crippen molar-refractivity contribution in [1.29, 1.82) is 0 Å². The number of hydrogen-bond donors (Lipinski definition) is 1. The molecule has 30 heavy (non-hydrogen) atoms. The van der Waals surface area contributed by atoms with Crippen molar-refractivity contribution in [2.24, 2.45) is 0 Å². The maximum atomic E-state index is 12.5. The Labute approximate surface area is 178 Å². The lowest BCUT2D eigenvalue weighted by molar-refractivity contribution is 0.0993. The van der Waals surface area contributed by atoms with Crippen molar-refractivity contribution < 1.29 is 9.32 Å². The van der Waals surface area contributed by atoms with Crippen LogP contribution in [0.2, 0.25) is 5.02 Å². The standard InChI is InChI=1S/C22H18ClN5O2/c1-28(21(29)16-9-11-24-12-10-16)19-7-5-15(6-8-19)14-25-22-26-20(27-30-22)17-3-2-4-18(23)13-17/h2-13H,14H2,1H3,(H,25,26,27). The molecule has 0 aliphatic carbocycles. The molecular formula is C22H18ClN5O2. The quantitative estimate of drug-likeness (QED) is 0.488. The molecule has 0 unspecified atom stereocenters. The number of amides is 1. The number of benzene rings is 2. The van der Waals surface area contributed by atoms with Gasteiger partial charge in [-0.2, -0.15) is 4.98 Å². The maximum absolute atomic E-state index is 12.5. The molecule has 0 radical (unpaired) electrons. The first kappa shape index (κ1) is 19.6. The molecule has 2 aromatic carbocycles. The van der Waals surface area contributed by atoms with E-state index >= 15 is 0 Å². The fourth-order valence-electron chi connectivity index (χ4n) is 2.86. The molecule has 4 rings (SSSR count). The normalized spacial score (nSPS) is 10.6. The molecule has 2 aromatic heterocycles. The smallest absolute Gasteiger partial charge is 0.322 e. The Balaban J connectivity index is 1.38. The summed E-state index contributed by atoms with van der Waals surface area (Å²) in [4.78, 5) is 22.4. The van der Waals surface area contributed by atoms with Crippen molar-refractivity contribution in [2.75, 3.05) is 17.3 Å². The minimum absolute atomic E-state index is 0.0947. The summed E-state index contributed by atoms with van der Waals surface area (Å²) in [6, 6.07) is 18.6. The number of nitrogens with one attached hydrogen (secondary N) is 1. The largest absolute Gasteiger partial charge is 0.334 e. The maximum Gasteiger partial charge on any atom is 0.322 e. The Hall–Kier alpha value is -3.71. The number of anilines is 2. The Morgan fingerprint density at radius 1 is 1.10 bits per heavy atom. The second-order valence-corrected chi connectivity index (χ2v) is 6.99. The number of hydrogen-bond acceptors (Lipinski definition) is 6. The highest BCUT2D eigenvalue weighted by Gasteiger charge is 2.13. The van der Waals surface area contributed by atoms with Gasteiger partial charge in [0.25, 0.3) is 5.91 Å². The second-order valence-electron chi connectivity index (χ2n) is 6.55. The van der Waals surface area contributed by atoms with Crippen LogP contribution in [-0.4, -0.2) is 28.1 Å². The molecule has 150 valence electrons. The minimum Gasteiger partial charge on any atom is -0.334 e. The van der Waals surface area contributed by atoms with Gasteiger partial charge in [-0.05, 0) is 42.0 Å². The summed E-state index contributed by atoms with van der Waals surface area (Å²) < 4.78 is 5.25. The van der Waals surface area contributed by atoms with E-state index in [1.54, 1.807) is 48.6 Å². The molecule has 0 bridgehead atoms. The Bertz CT molecular complexity index is 1150. The number of rotatable bonds is 6. The third-order valence-corrected chi connectivity index (χ3v) is 4.74. The number of carbonyl (C=O) groups is 1. The van der Waals surface area contributed by atoms with Gasteiger partial charge in [-0.1, -0.05) is 41.0 Å². The van der Waals surface area contributed by atoms with Gasteiger partial charge in [-0.3, -0.25) is 9.78 Å². The van der Waals surface area contributed by atoms with Gasteiger partial charge in [0, 0.05) is 47.8 Å². The summed E-state index contributed by atoms with van der Waals surface area (Å²) >= 11 is 6.00. The van der Waals surface area contributed by atoms with E-state index in [4.69, 9.17) is 16.1 Å². The molecule has 0 aliphatic rings. The molecule has 8 heteroatoms. The topological polar surface area (TPSA) is 84.2 Å². The third-order valence-electron chi connectivity index (χ3n) is 4.51. The minimum atomic E-state index is -0.0947. The van der Waals surface area contributed by atoms with Crippen molar-refractivity contribution in [3.8, 4) is 11.4 Å². The highest BCUT2D eigenvalue weighted by Crippen LogP contribution is 2.22. The molecule has 7 nitrogen and oxygen atoms in total. The van der Waals surface area contributed by atoms with Crippen molar-refractivity contribution >= 4 is 29.2 Å². The molecule has 0 spiro atoms. The van der Waals surface area contributed by atoms with Gasteiger partial charge in [0.1, 0.15) is 0 Å². The average molecular weight is 420 g/mol. The molecule has 0 aliphatic heterocycles. The van der Waals surface area contributed by atoms with Crippen LogP contribution in [0.5, 0.6) is 0 Å². The Morgan fingerprint density at radius 2 is 1.87 bits per heavy atom. The third kappa shape index (κ3) is 4.47. The van der Waals surface area contributed by atoms with Crippen LogP contribution in [0.25, 0.3) is 11.4 Å². The van der Waals surface area contributed by atoms with E-state index in [2.05, 4.69) is 20.4 Å². The lowest BCUT2D eigenvalue weighted by atomic mass is 10.1. The lowest BCUT2D eigenvalue weighted by Crippen LogP contribution is -2.26. The van der Waals surface area contributed by atoms with Crippen LogP contribution in [-0.2, 0) is 6.54 Å². The zero-order valence-corrected chi connectivity index (χ0v) is 16.9. The van der Waals surface area contributed by atoms with Crippen LogP contribution in [0.3, 0.4) is 0 Å². The summed E-state index contributed by atoms with van der Waals surface area (Å²) in [6.45, 7) is 0.499. The molecule has 1 amide bonds. The Morgan fingerprint density at radius 3 is 2.60 bits per heavy atom. The van der Waals surface area contributed by atoms with Gasteiger partial charge in [0.2, 0.25) is 5.82 Å². The molecule has 1 N–H and O–H groups in total. The number of carbonyl (C=O) groups excluding carboxylic acids is 1. The van der Waals surface area contributed by atoms with E-state index in [9.17, 15) is 4.79 Å². The van der Waals surface area contributed by atoms with E-state index in [-0.39, 0.29) is 5.91 Å². The second kappa shape index (κ2) is 8.75. The summed E-state index contributed by atoms with van der Waals surface area (Å²) in [5, 5.41) is 7.68. The van der Waals surface area contributed by atoms with E-state index in [1.807, 2.05) is 36.4 Å². The number of halogens is 1. The van der Waals surface area contributed by atoms with Crippen LogP contribution in [0.4, 0.5) is 11.7 Å². The first-order chi connectivity index (χ1) is 14.6. The van der Waals surface area contributed by atoms with Crippen LogP contribution < -0.4 is 10.2 Å². The molecule has 0 saturated carbocycles. The summed E-state index contributed by atoms with van der Waals surface area (Å²) in [7, 11) is 1.74. The Kier molecular flexibility index (Phi) is 5.72. The predicted octanol–water partition coefficient (Wildman–Crippen LogP) is 4.67. The van der Waals surface area contributed by atoms with Gasteiger partial charge >= 0.3 is 6.01 Å². The fourth-order valence-corrected chi connectivity index (χ4v) is 3.05. The van der Waals surface area contributed by atoms with Gasteiger partial charge in [0.05, 0.1) is 0 Å². The predicted molar refractivity (Wildman–Crippen MR) is 115 cm³/mol. The van der Waals surface area contributed by atoms with Gasteiger partial charge in [-0.25, -0.2) is 0 Å². The van der Waals surface area contributed by atoms with E-state index in [0.717, 1.165) is 16.8 Å². The van der Waals surface area contributed by atoms with E-state index < -0.39 is 0 Å². The van der Waals surface area contributed by atoms with Gasteiger partial charge in [-0.15, -0.1) is 0 Å². The van der Waals surface area contributed by atoms with Crippen molar-refractivity contribution in [3.63, 3.8) is 0 Å².